The quantitative estimate of drug-likeness (QED) is 0.621. The first-order chi connectivity index (χ1) is 10.8. The summed E-state index contributed by atoms with van der Waals surface area (Å²) in [6.07, 6.45) is 1.22. The Hall–Kier alpha value is -2.33. The van der Waals surface area contributed by atoms with Crippen molar-refractivity contribution in [3.63, 3.8) is 0 Å². The summed E-state index contributed by atoms with van der Waals surface area (Å²) >= 11 is 6.35. The van der Waals surface area contributed by atoms with Crippen LogP contribution >= 0.6 is 11.6 Å². The van der Waals surface area contributed by atoms with E-state index in [1.165, 1.54) is 4.57 Å². The zero-order valence-corrected chi connectivity index (χ0v) is 14.0. The fraction of sp³-hybridized carbons (Fsp3) is 0.222. The molecule has 0 bridgehead atoms. The van der Waals surface area contributed by atoms with Gasteiger partial charge < -0.3 is 4.74 Å². The molecule has 0 amide bonds. The fourth-order valence-electron chi connectivity index (χ4n) is 2.32. The molecular formula is C18H17ClN2O2. The number of aromatic nitrogens is 2. The van der Waals surface area contributed by atoms with Gasteiger partial charge in [0, 0.05) is 11.6 Å². The molecule has 0 aliphatic carbocycles. The third kappa shape index (κ3) is 3.22. The molecule has 3 aromatic rings. The number of carbonyl (C=O) groups excluding carboxylic acids is 1. The predicted molar refractivity (Wildman–Crippen MR) is 91.8 cm³/mol. The summed E-state index contributed by atoms with van der Waals surface area (Å²) in [6, 6.07) is 13.0. The first-order valence-electron chi connectivity index (χ1n) is 7.31. The van der Waals surface area contributed by atoms with Crippen molar-refractivity contribution in [3.05, 3.63) is 53.7 Å². The van der Waals surface area contributed by atoms with Gasteiger partial charge in [-0.25, -0.2) is 9.78 Å². The van der Waals surface area contributed by atoms with Crippen molar-refractivity contribution in [3.8, 4) is 11.4 Å². The second-order valence-electron chi connectivity index (χ2n) is 6.25. The molecule has 118 valence electrons. The van der Waals surface area contributed by atoms with Crippen LogP contribution in [0.4, 0.5) is 4.79 Å². The van der Waals surface area contributed by atoms with Crippen LogP contribution in [0.2, 0.25) is 5.02 Å². The van der Waals surface area contributed by atoms with Crippen LogP contribution in [0.1, 0.15) is 20.8 Å². The number of para-hydroxylation sites is 1. The number of carbonyl (C=O) groups is 1. The standard InChI is InChI=1S/C18H17ClN2O2/c1-18(2,3)23-17(22)21-10-6-9-16(21)15-11-13(19)12-7-4-5-8-14(12)20-15/h4-11H,1-3H3. The molecular weight excluding hydrogens is 312 g/mol. The van der Waals surface area contributed by atoms with Crippen LogP contribution < -0.4 is 0 Å². The highest BCUT2D eigenvalue weighted by Gasteiger charge is 2.20. The summed E-state index contributed by atoms with van der Waals surface area (Å²) in [5.41, 5.74) is 1.50. The molecule has 4 nitrogen and oxygen atoms in total. The van der Waals surface area contributed by atoms with Gasteiger partial charge in [0.2, 0.25) is 0 Å². The highest BCUT2D eigenvalue weighted by atomic mass is 35.5. The van der Waals surface area contributed by atoms with Crippen LogP contribution in [0.15, 0.2) is 48.7 Å². The van der Waals surface area contributed by atoms with E-state index >= 15 is 0 Å². The van der Waals surface area contributed by atoms with E-state index in [2.05, 4.69) is 4.98 Å². The number of hydrogen-bond donors (Lipinski definition) is 0. The zero-order valence-electron chi connectivity index (χ0n) is 13.2. The molecule has 23 heavy (non-hydrogen) atoms. The third-order valence-corrected chi connectivity index (χ3v) is 3.58. The molecule has 0 N–H and O–H groups in total. The summed E-state index contributed by atoms with van der Waals surface area (Å²) in [5, 5.41) is 1.48. The largest absolute Gasteiger partial charge is 0.443 e. The van der Waals surface area contributed by atoms with E-state index in [1.807, 2.05) is 51.1 Å². The smallest absolute Gasteiger partial charge is 0.419 e. The van der Waals surface area contributed by atoms with Crippen LogP contribution in [-0.2, 0) is 4.74 Å². The van der Waals surface area contributed by atoms with Crippen molar-refractivity contribution in [1.82, 2.24) is 9.55 Å². The lowest BCUT2D eigenvalue weighted by Crippen LogP contribution is -2.27. The summed E-state index contributed by atoms with van der Waals surface area (Å²) in [7, 11) is 0. The van der Waals surface area contributed by atoms with Gasteiger partial charge in [-0.1, -0.05) is 29.8 Å². The maximum absolute atomic E-state index is 12.3. The van der Waals surface area contributed by atoms with Gasteiger partial charge in [0.05, 0.1) is 21.9 Å². The number of hydrogen-bond acceptors (Lipinski definition) is 3. The maximum Gasteiger partial charge on any atom is 0.419 e. The Morgan fingerprint density at radius 1 is 1.17 bits per heavy atom. The van der Waals surface area contributed by atoms with E-state index in [-0.39, 0.29) is 0 Å². The summed E-state index contributed by atoms with van der Waals surface area (Å²) in [4.78, 5) is 16.9. The van der Waals surface area contributed by atoms with Gasteiger partial charge in [-0.05, 0) is 45.0 Å². The van der Waals surface area contributed by atoms with E-state index in [0.717, 1.165) is 10.9 Å². The first-order valence-corrected chi connectivity index (χ1v) is 7.69. The molecule has 0 atom stereocenters. The second kappa shape index (κ2) is 5.70. The molecule has 0 radical (unpaired) electrons. The molecule has 0 spiro atoms. The Balaban J connectivity index is 2.07. The van der Waals surface area contributed by atoms with E-state index in [0.29, 0.717) is 16.4 Å². The van der Waals surface area contributed by atoms with Crippen molar-refractivity contribution < 1.29 is 9.53 Å². The monoisotopic (exact) mass is 328 g/mol. The Bertz CT molecular complexity index is 878. The minimum absolute atomic E-state index is 0.441. The highest BCUT2D eigenvalue weighted by Crippen LogP contribution is 2.28. The van der Waals surface area contributed by atoms with Crippen molar-refractivity contribution in [1.29, 1.82) is 0 Å². The lowest BCUT2D eigenvalue weighted by Gasteiger charge is -2.20. The van der Waals surface area contributed by atoms with Crippen molar-refractivity contribution >= 4 is 28.6 Å². The predicted octanol–water partition coefficient (Wildman–Crippen LogP) is 5.14. The molecule has 0 saturated carbocycles. The molecule has 2 heterocycles. The Labute approximate surface area is 139 Å². The normalized spacial score (nSPS) is 11.7. The molecule has 0 saturated heterocycles. The van der Waals surface area contributed by atoms with Crippen LogP contribution in [0, 0.1) is 0 Å². The average molecular weight is 329 g/mol. The van der Waals surface area contributed by atoms with Gasteiger partial charge in [0.25, 0.3) is 0 Å². The molecule has 5 heteroatoms. The number of halogens is 1. The second-order valence-corrected chi connectivity index (χ2v) is 6.66. The Morgan fingerprint density at radius 2 is 1.91 bits per heavy atom. The molecule has 0 unspecified atom stereocenters. The summed E-state index contributed by atoms with van der Waals surface area (Å²) in [5.74, 6) is 0. The maximum atomic E-state index is 12.3. The lowest BCUT2D eigenvalue weighted by atomic mass is 10.2. The summed E-state index contributed by atoms with van der Waals surface area (Å²) in [6.45, 7) is 5.50. The van der Waals surface area contributed by atoms with E-state index < -0.39 is 11.7 Å². The SMILES string of the molecule is CC(C)(C)OC(=O)n1cccc1-c1cc(Cl)c2ccccc2n1. The van der Waals surface area contributed by atoms with Crippen molar-refractivity contribution in [2.45, 2.75) is 26.4 Å². The topological polar surface area (TPSA) is 44.1 Å². The number of rotatable bonds is 1. The minimum atomic E-state index is -0.562. The van der Waals surface area contributed by atoms with E-state index in [4.69, 9.17) is 16.3 Å². The molecule has 3 rings (SSSR count). The molecule has 0 aliphatic rings. The van der Waals surface area contributed by atoms with Crippen LogP contribution in [0.5, 0.6) is 0 Å². The van der Waals surface area contributed by atoms with Crippen LogP contribution in [0.3, 0.4) is 0 Å². The van der Waals surface area contributed by atoms with Gasteiger partial charge in [-0.3, -0.25) is 4.57 Å². The highest BCUT2D eigenvalue weighted by molar-refractivity contribution is 6.35. The van der Waals surface area contributed by atoms with E-state index in [1.54, 1.807) is 18.3 Å². The molecule has 1 aromatic carbocycles. The number of benzene rings is 1. The van der Waals surface area contributed by atoms with Crippen molar-refractivity contribution in [2.75, 3.05) is 0 Å². The Morgan fingerprint density at radius 3 is 2.65 bits per heavy atom. The van der Waals surface area contributed by atoms with Gasteiger partial charge >= 0.3 is 6.09 Å². The summed E-state index contributed by atoms with van der Waals surface area (Å²) < 4.78 is 6.87. The number of fused-ring (bicyclic) bond motifs is 1. The first kappa shape index (κ1) is 15.6. The minimum Gasteiger partial charge on any atom is -0.443 e. The number of nitrogens with zero attached hydrogens (tertiary/aromatic N) is 2. The molecule has 0 aliphatic heterocycles. The van der Waals surface area contributed by atoms with Gasteiger partial charge in [0.15, 0.2) is 0 Å². The van der Waals surface area contributed by atoms with Crippen LogP contribution in [-0.4, -0.2) is 21.2 Å². The van der Waals surface area contributed by atoms with Gasteiger partial charge in [-0.2, -0.15) is 0 Å². The Kier molecular flexibility index (Phi) is 3.86. The third-order valence-electron chi connectivity index (χ3n) is 3.27. The molecule has 0 fully saturated rings. The fourth-order valence-corrected chi connectivity index (χ4v) is 2.59. The number of ether oxygens (including phenoxy) is 1. The lowest BCUT2D eigenvalue weighted by molar-refractivity contribution is 0.0540. The zero-order chi connectivity index (χ0) is 16.6. The average Bonchev–Trinajstić information content (AvgIpc) is 2.95. The van der Waals surface area contributed by atoms with Gasteiger partial charge in [0.1, 0.15) is 5.60 Å². The van der Waals surface area contributed by atoms with Gasteiger partial charge in [-0.15, -0.1) is 0 Å². The van der Waals surface area contributed by atoms with Crippen molar-refractivity contribution in [2.24, 2.45) is 0 Å². The van der Waals surface area contributed by atoms with Crippen LogP contribution in [0.25, 0.3) is 22.3 Å². The number of pyridine rings is 1. The molecule has 2 aromatic heterocycles. The van der Waals surface area contributed by atoms with E-state index in [9.17, 15) is 4.79 Å².